The zero-order valence-corrected chi connectivity index (χ0v) is 12.2. The summed E-state index contributed by atoms with van der Waals surface area (Å²) in [4.78, 5) is 23.4. The summed E-state index contributed by atoms with van der Waals surface area (Å²) in [5, 5.41) is 13.1. The molecular formula is C14H16F3N3O3. The van der Waals surface area contributed by atoms with Gasteiger partial charge in [-0.25, -0.2) is 0 Å². The molecule has 0 spiro atoms. The maximum Gasteiger partial charge on any atom is 0.393 e. The van der Waals surface area contributed by atoms with E-state index >= 15 is 0 Å². The predicted molar refractivity (Wildman–Crippen MR) is 76.9 cm³/mol. The number of nitrogens with zero attached hydrogens (tertiary/aromatic N) is 2. The first-order valence-electron chi connectivity index (χ1n) is 7.09. The lowest BCUT2D eigenvalue weighted by Crippen LogP contribution is -2.44. The maximum absolute atomic E-state index is 12.7. The number of carbonyl (C=O) groups is 1. The zero-order chi connectivity index (χ0) is 17.0. The van der Waals surface area contributed by atoms with Crippen molar-refractivity contribution < 1.29 is 22.9 Å². The van der Waals surface area contributed by atoms with Crippen molar-refractivity contribution in [1.29, 1.82) is 0 Å². The van der Waals surface area contributed by atoms with E-state index in [1.54, 1.807) is 0 Å². The number of nitro benzene ring substituents is 1. The number of benzene rings is 1. The van der Waals surface area contributed by atoms with Gasteiger partial charge in [-0.2, -0.15) is 13.2 Å². The van der Waals surface area contributed by atoms with E-state index in [4.69, 9.17) is 0 Å². The first kappa shape index (κ1) is 17.2. The number of alkyl halides is 3. The molecular weight excluding hydrogens is 315 g/mol. The Morgan fingerprint density at radius 3 is 2.83 bits per heavy atom. The van der Waals surface area contributed by atoms with Gasteiger partial charge in [0.2, 0.25) is 5.91 Å². The number of carbonyl (C=O) groups excluding carboxylic acids is 1. The predicted octanol–water partition coefficient (Wildman–Crippen LogP) is 2.81. The van der Waals surface area contributed by atoms with Crippen LogP contribution in [0.2, 0.25) is 0 Å². The van der Waals surface area contributed by atoms with E-state index in [1.165, 1.54) is 29.2 Å². The number of amides is 1. The lowest BCUT2D eigenvalue weighted by molar-refractivity contribution is -0.384. The van der Waals surface area contributed by atoms with Gasteiger partial charge in [0.1, 0.15) is 0 Å². The minimum Gasteiger partial charge on any atom is -0.325 e. The monoisotopic (exact) mass is 331 g/mol. The summed E-state index contributed by atoms with van der Waals surface area (Å²) in [5.74, 6) is -1.91. The number of likely N-dealkylation sites (tertiary alicyclic amines) is 1. The van der Waals surface area contributed by atoms with Crippen LogP contribution < -0.4 is 5.32 Å². The summed E-state index contributed by atoms with van der Waals surface area (Å²) in [6.07, 6.45) is -3.80. The van der Waals surface area contributed by atoms with Crippen molar-refractivity contribution in [2.24, 2.45) is 5.92 Å². The second-order valence-corrected chi connectivity index (χ2v) is 5.47. The fourth-order valence-corrected chi connectivity index (χ4v) is 2.57. The molecule has 1 aromatic carbocycles. The molecule has 0 aliphatic carbocycles. The molecule has 0 radical (unpaired) electrons. The molecule has 23 heavy (non-hydrogen) atoms. The van der Waals surface area contributed by atoms with Gasteiger partial charge in [0.05, 0.1) is 17.4 Å². The van der Waals surface area contributed by atoms with Crippen LogP contribution in [0.5, 0.6) is 0 Å². The van der Waals surface area contributed by atoms with E-state index in [2.05, 4.69) is 5.32 Å². The highest BCUT2D eigenvalue weighted by atomic mass is 19.4. The van der Waals surface area contributed by atoms with Crippen LogP contribution in [0.15, 0.2) is 24.3 Å². The van der Waals surface area contributed by atoms with Gasteiger partial charge < -0.3 is 5.32 Å². The SMILES string of the molecule is O=C(CN1CCCC(C(F)(F)F)C1)Nc1cccc([N+](=O)[O-])c1. The van der Waals surface area contributed by atoms with E-state index in [0.717, 1.165) is 0 Å². The minimum atomic E-state index is -4.25. The largest absolute Gasteiger partial charge is 0.393 e. The normalized spacial score (nSPS) is 19.3. The molecule has 0 aromatic heterocycles. The van der Waals surface area contributed by atoms with E-state index in [-0.39, 0.29) is 30.9 Å². The first-order valence-corrected chi connectivity index (χ1v) is 7.09. The fourth-order valence-electron chi connectivity index (χ4n) is 2.57. The van der Waals surface area contributed by atoms with Gasteiger partial charge in [0.15, 0.2) is 0 Å². The number of nitrogens with one attached hydrogen (secondary N) is 1. The van der Waals surface area contributed by atoms with Crippen LogP contribution in [0, 0.1) is 16.0 Å². The molecule has 1 aliphatic rings. The van der Waals surface area contributed by atoms with E-state index in [0.29, 0.717) is 13.0 Å². The summed E-state index contributed by atoms with van der Waals surface area (Å²) >= 11 is 0. The van der Waals surface area contributed by atoms with Crippen molar-refractivity contribution in [3.8, 4) is 0 Å². The van der Waals surface area contributed by atoms with Crippen molar-refractivity contribution in [1.82, 2.24) is 4.90 Å². The zero-order valence-electron chi connectivity index (χ0n) is 12.2. The third kappa shape index (κ3) is 4.92. The van der Waals surface area contributed by atoms with Crippen LogP contribution in [0.4, 0.5) is 24.5 Å². The van der Waals surface area contributed by atoms with Crippen molar-refractivity contribution in [2.75, 3.05) is 25.0 Å². The van der Waals surface area contributed by atoms with Gasteiger partial charge in [-0.3, -0.25) is 19.8 Å². The average Bonchev–Trinajstić information content (AvgIpc) is 2.46. The topological polar surface area (TPSA) is 75.5 Å². The second-order valence-electron chi connectivity index (χ2n) is 5.47. The van der Waals surface area contributed by atoms with Gasteiger partial charge >= 0.3 is 6.18 Å². The summed E-state index contributed by atoms with van der Waals surface area (Å²) in [5.41, 5.74) is 0.0755. The van der Waals surface area contributed by atoms with E-state index < -0.39 is 22.9 Å². The first-order chi connectivity index (χ1) is 10.8. The number of nitro groups is 1. The number of rotatable bonds is 4. The smallest absolute Gasteiger partial charge is 0.325 e. The molecule has 1 saturated heterocycles. The third-order valence-electron chi connectivity index (χ3n) is 3.68. The van der Waals surface area contributed by atoms with Crippen molar-refractivity contribution in [3.63, 3.8) is 0 Å². The Bertz CT molecular complexity index is 592. The van der Waals surface area contributed by atoms with Crippen molar-refractivity contribution in [3.05, 3.63) is 34.4 Å². The van der Waals surface area contributed by atoms with Crippen LogP contribution in [-0.2, 0) is 4.79 Å². The molecule has 1 unspecified atom stereocenters. The van der Waals surface area contributed by atoms with E-state index in [9.17, 15) is 28.1 Å². The van der Waals surface area contributed by atoms with Crippen LogP contribution in [0.3, 0.4) is 0 Å². The third-order valence-corrected chi connectivity index (χ3v) is 3.68. The molecule has 1 heterocycles. The van der Waals surface area contributed by atoms with Crippen LogP contribution in [0.1, 0.15) is 12.8 Å². The molecule has 9 heteroatoms. The minimum absolute atomic E-state index is 0.0759. The highest BCUT2D eigenvalue weighted by Crippen LogP contribution is 2.33. The molecule has 1 N–H and O–H groups in total. The lowest BCUT2D eigenvalue weighted by atomic mass is 9.97. The highest BCUT2D eigenvalue weighted by Gasteiger charge is 2.41. The number of piperidine rings is 1. The summed E-state index contributed by atoms with van der Waals surface area (Å²) in [6, 6.07) is 5.40. The Balaban J connectivity index is 1.92. The Kier molecular flexibility index (Phi) is 5.19. The molecule has 1 aliphatic heterocycles. The van der Waals surface area contributed by atoms with Gasteiger partial charge in [0.25, 0.3) is 5.69 Å². The fraction of sp³-hybridized carbons (Fsp3) is 0.500. The Labute approximate surface area is 130 Å². The quantitative estimate of drug-likeness (QED) is 0.680. The maximum atomic E-state index is 12.7. The number of hydrogen-bond donors (Lipinski definition) is 1. The summed E-state index contributed by atoms with van der Waals surface area (Å²) in [7, 11) is 0. The molecule has 1 aromatic rings. The number of non-ortho nitro benzene ring substituents is 1. The number of anilines is 1. The Morgan fingerprint density at radius 2 is 2.17 bits per heavy atom. The number of hydrogen-bond acceptors (Lipinski definition) is 4. The van der Waals surface area contributed by atoms with Crippen LogP contribution in [-0.4, -0.2) is 41.5 Å². The highest BCUT2D eigenvalue weighted by molar-refractivity contribution is 5.92. The Morgan fingerprint density at radius 1 is 1.43 bits per heavy atom. The molecule has 1 amide bonds. The molecule has 0 saturated carbocycles. The summed E-state index contributed by atoms with van der Waals surface area (Å²) < 4.78 is 38.2. The van der Waals surface area contributed by atoms with Gasteiger partial charge in [-0.1, -0.05) is 6.07 Å². The summed E-state index contributed by atoms with van der Waals surface area (Å²) in [6.45, 7) is 0.0517. The lowest BCUT2D eigenvalue weighted by Gasteiger charge is -2.33. The second kappa shape index (κ2) is 6.95. The Hall–Kier alpha value is -2.16. The van der Waals surface area contributed by atoms with Crippen LogP contribution >= 0.6 is 0 Å². The molecule has 126 valence electrons. The molecule has 2 rings (SSSR count). The molecule has 6 nitrogen and oxygen atoms in total. The van der Waals surface area contributed by atoms with Gasteiger partial charge in [-0.05, 0) is 25.5 Å². The van der Waals surface area contributed by atoms with Gasteiger partial charge in [0, 0.05) is 24.4 Å². The van der Waals surface area contributed by atoms with Crippen molar-refractivity contribution in [2.45, 2.75) is 19.0 Å². The number of halogens is 3. The molecule has 0 bridgehead atoms. The average molecular weight is 331 g/mol. The standard InChI is InChI=1S/C14H16F3N3O3/c15-14(16,17)10-3-2-6-19(8-10)9-13(21)18-11-4-1-5-12(7-11)20(22)23/h1,4-5,7,10H,2-3,6,8-9H2,(H,18,21). The molecule has 1 atom stereocenters. The van der Waals surface area contributed by atoms with Gasteiger partial charge in [-0.15, -0.1) is 0 Å². The van der Waals surface area contributed by atoms with Crippen molar-refractivity contribution >= 4 is 17.3 Å². The van der Waals surface area contributed by atoms with E-state index in [1.807, 2.05) is 0 Å². The van der Waals surface area contributed by atoms with Crippen LogP contribution in [0.25, 0.3) is 0 Å². The molecule has 1 fully saturated rings.